The Bertz CT molecular complexity index is 1230. The molecular formula is C31H41NO9. The lowest BCUT2D eigenvalue weighted by molar-refractivity contribution is -0.277. The molecule has 224 valence electrons. The number of likely N-dealkylation sites (tertiary alicyclic amines) is 1. The molecule has 6 aliphatic rings. The van der Waals surface area contributed by atoms with Gasteiger partial charge in [-0.15, -0.1) is 0 Å². The van der Waals surface area contributed by atoms with Gasteiger partial charge < -0.3 is 38.8 Å². The fourth-order valence-electron chi connectivity index (χ4n) is 11.6. The van der Waals surface area contributed by atoms with Crippen molar-refractivity contribution in [2.75, 3.05) is 48.6 Å². The van der Waals surface area contributed by atoms with Crippen LogP contribution in [0.3, 0.4) is 0 Å². The molecule has 5 saturated carbocycles. The Balaban J connectivity index is 1.44. The number of aliphatic hydroxyl groups is 2. The number of nitrogens with zero attached hydrogens (tertiary/aromatic N) is 1. The van der Waals surface area contributed by atoms with Gasteiger partial charge in [0.05, 0.1) is 30.5 Å². The molecular weight excluding hydrogens is 530 g/mol. The average molecular weight is 572 g/mol. The number of esters is 1. The van der Waals surface area contributed by atoms with Crippen LogP contribution in [0.25, 0.3) is 0 Å². The van der Waals surface area contributed by atoms with Gasteiger partial charge in [-0.3, -0.25) is 4.79 Å². The monoisotopic (exact) mass is 571 g/mol. The van der Waals surface area contributed by atoms with Crippen LogP contribution < -0.4 is 0 Å². The summed E-state index contributed by atoms with van der Waals surface area (Å²) >= 11 is 0. The Morgan fingerprint density at radius 1 is 1.07 bits per heavy atom. The number of hydrogen-bond donors (Lipinski definition) is 2. The predicted octanol–water partition coefficient (Wildman–Crippen LogP) is 0.781. The second-order valence-corrected chi connectivity index (χ2v) is 13.4. The molecule has 41 heavy (non-hydrogen) atoms. The van der Waals surface area contributed by atoms with E-state index < -0.39 is 52.5 Å². The van der Waals surface area contributed by atoms with Crippen molar-refractivity contribution in [3.63, 3.8) is 0 Å². The van der Waals surface area contributed by atoms with E-state index in [0.717, 1.165) is 0 Å². The van der Waals surface area contributed by atoms with E-state index in [9.17, 15) is 19.8 Å². The van der Waals surface area contributed by atoms with Gasteiger partial charge in [0, 0.05) is 81.9 Å². The van der Waals surface area contributed by atoms with Crippen LogP contribution in [0.2, 0.25) is 0 Å². The van der Waals surface area contributed by atoms with E-state index in [2.05, 4.69) is 11.9 Å². The predicted molar refractivity (Wildman–Crippen MR) is 144 cm³/mol. The van der Waals surface area contributed by atoms with Crippen LogP contribution in [0.5, 0.6) is 0 Å². The Hall–Kier alpha value is -1.92. The summed E-state index contributed by atoms with van der Waals surface area (Å²) in [6.07, 6.45) is -2.91. The smallest absolute Gasteiger partial charge is 0.338 e. The molecule has 1 aromatic rings. The minimum atomic E-state index is -1.70. The normalized spacial score (nSPS) is 51.1. The van der Waals surface area contributed by atoms with Crippen molar-refractivity contribution < 1.29 is 43.5 Å². The molecule has 5 unspecified atom stereocenters. The number of ether oxygens (including phenoxy) is 5. The Labute approximate surface area is 240 Å². The minimum Gasteiger partial charge on any atom is -0.455 e. The highest BCUT2D eigenvalue weighted by molar-refractivity contribution is 5.92. The first-order valence-electron chi connectivity index (χ1n) is 14.6. The number of methoxy groups -OCH3 is 4. The van der Waals surface area contributed by atoms with Crippen LogP contribution in [0.15, 0.2) is 30.3 Å². The lowest BCUT2D eigenvalue weighted by Gasteiger charge is -2.68. The zero-order chi connectivity index (χ0) is 29.1. The van der Waals surface area contributed by atoms with Crippen molar-refractivity contribution >= 4 is 11.8 Å². The number of fused-ring (bicyclic) bond motifs is 2. The largest absolute Gasteiger partial charge is 0.455 e. The SMILES string of the molecule is COC[C@]12CN(C)C3C4C(OC)[C@H]1C3(C(OC)C[C@H]2O)[C@@H]1C[C@@]2(O)[C@H](OC(=O)c3ccccc3)[C@@H]1[C@@H]4C(=O)[C@@H]2OC. The molecule has 1 heterocycles. The number of benzene rings is 1. The maximum absolute atomic E-state index is 14.4. The molecule has 7 rings (SSSR count). The van der Waals surface area contributed by atoms with Gasteiger partial charge in [-0.1, -0.05) is 18.2 Å². The first-order chi connectivity index (χ1) is 19.7. The van der Waals surface area contributed by atoms with E-state index in [0.29, 0.717) is 25.1 Å². The summed E-state index contributed by atoms with van der Waals surface area (Å²) < 4.78 is 30.5. The summed E-state index contributed by atoms with van der Waals surface area (Å²) in [6.45, 7) is 0.919. The molecule has 10 heteroatoms. The van der Waals surface area contributed by atoms with Gasteiger partial charge in [-0.2, -0.15) is 0 Å². The maximum atomic E-state index is 14.4. The Morgan fingerprint density at radius 3 is 2.44 bits per heavy atom. The van der Waals surface area contributed by atoms with Gasteiger partial charge >= 0.3 is 5.97 Å². The number of piperidine rings is 1. The highest BCUT2D eigenvalue weighted by Gasteiger charge is 2.87. The van der Waals surface area contributed by atoms with Crippen molar-refractivity contribution in [3.05, 3.63) is 35.9 Å². The zero-order valence-electron chi connectivity index (χ0n) is 24.3. The first-order valence-corrected chi connectivity index (χ1v) is 14.6. The minimum absolute atomic E-state index is 0.0986. The third-order valence-electron chi connectivity index (χ3n) is 12.2. The van der Waals surface area contributed by atoms with Crippen LogP contribution in [-0.2, 0) is 28.5 Å². The van der Waals surface area contributed by atoms with E-state index >= 15 is 0 Å². The lowest BCUT2D eigenvalue weighted by atomic mass is 9.43. The van der Waals surface area contributed by atoms with Crippen LogP contribution in [0.4, 0.5) is 0 Å². The third kappa shape index (κ3) is 3.12. The van der Waals surface area contributed by atoms with E-state index in [-0.39, 0.29) is 48.2 Å². The van der Waals surface area contributed by atoms with E-state index in [1.165, 1.54) is 7.11 Å². The molecule has 1 spiro atoms. The summed E-state index contributed by atoms with van der Waals surface area (Å²) in [4.78, 5) is 30.1. The summed E-state index contributed by atoms with van der Waals surface area (Å²) in [7, 11) is 8.50. The lowest BCUT2D eigenvalue weighted by Crippen LogP contribution is -2.76. The molecule has 7 bridgehead atoms. The van der Waals surface area contributed by atoms with E-state index in [4.69, 9.17) is 23.7 Å². The summed E-state index contributed by atoms with van der Waals surface area (Å²) in [5, 5.41) is 24.2. The molecule has 0 amide bonds. The van der Waals surface area contributed by atoms with Crippen molar-refractivity contribution in [2.45, 2.75) is 55.0 Å². The highest BCUT2D eigenvalue weighted by atomic mass is 16.6. The molecule has 14 atom stereocenters. The van der Waals surface area contributed by atoms with E-state index in [1.807, 2.05) is 6.07 Å². The number of ketones is 1. The number of aliphatic hydroxyl groups excluding tert-OH is 1. The topological polar surface area (TPSA) is 124 Å². The molecule has 1 aliphatic heterocycles. The first kappa shape index (κ1) is 27.9. The molecule has 6 fully saturated rings. The van der Waals surface area contributed by atoms with Crippen molar-refractivity contribution in [2.24, 2.45) is 40.4 Å². The van der Waals surface area contributed by atoms with Gasteiger partial charge in [-0.25, -0.2) is 4.79 Å². The Kier molecular flexibility index (Phi) is 6.32. The molecule has 5 aliphatic carbocycles. The Morgan fingerprint density at radius 2 is 1.80 bits per heavy atom. The average Bonchev–Trinajstić information content (AvgIpc) is 3.32. The third-order valence-corrected chi connectivity index (χ3v) is 12.2. The summed E-state index contributed by atoms with van der Waals surface area (Å²) in [6, 6.07) is 8.62. The fourth-order valence-corrected chi connectivity index (χ4v) is 11.6. The second kappa shape index (κ2) is 9.29. The van der Waals surface area contributed by atoms with Crippen LogP contribution in [0.1, 0.15) is 23.2 Å². The van der Waals surface area contributed by atoms with Crippen molar-refractivity contribution in [1.82, 2.24) is 4.90 Å². The molecule has 10 nitrogen and oxygen atoms in total. The van der Waals surface area contributed by atoms with Gasteiger partial charge in [0.2, 0.25) is 0 Å². The zero-order valence-corrected chi connectivity index (χ0v) is 24.3. The molecule has 0 aromatic heterocycles. The van der Waals surface area contributed by atoms with Crippen LogP contribution >= 0.6 is 0 Å². The van der Waals surface area contributed by atoms with E-state index in [1.54, 1.807) is 45.6 Å². The standard InChI is InChI=1S/C31H41NO9/c1-32-13-29(14-37-2)17(33)11-18(38-3)31-16-12-30(36)26(41-28(35)15-9-7-6-8-10-15)19(16)20(22(34)27(30)40-5)21(25(31)32)23(39-4)24(29)31/h6-10,16-21,23-27,33,36H,11-14H2,1-5H3/t16-,17-,18?,19+,20+,21?,23?,24-,25?,26-,27+,29+,30-,31?/m1/s1. The fraction of sp³-hybridized carbons (Fsp3) is 0.742. The molecule has 0 radical (unpaired) electrons. The number of Topliss-reactive ketones (excluding diaryl/α,β-unsaturated/α-hetero) is 1. The molecule has 2 N–H and O–H groups in total. The number of rotatable bonds is 7. The number of carbonyl (C=O) groups is 2. The number of carbonyl (C=O) groups excluding carboxylic acids is 2. The molecule has 1 saturated heterocycles. The quantitative estimate of drug-likeness (QED) is 0.454. The van der Waals surface area contributed by atoms with Gasteiger partial charge in [0.15, 0.2) is 5.78 Å². The van der Waals surface area contributed by atoms with Crippen LogP contribution in [0, 0.1) is 40.4 Å². The maximum Gasteiger partial charge on any atom is 0.338 e. The van der Waals surface area contributed by atoms with Gasteiger partial charge in [0.25, 0.3) is 0 Å². The summed E-state index contributed by atoms with van der Waals surface area (Å²) in [5.74, 6) is -2.44. The van der Waals surface area contributed by atoms with Crippen molar-refractivity contribution in [1.29, 1.82) is 0 Å². The van der Waals surface area contributed by atoms with Gasteiger partial charge in [-0.05, 0) is 31.5 Å². The van der Waals surface area contributed by atoms with Gasteiger partial charge in [0.1, 0.15) is 17.8 Å². The second-order valence-electron chi connectivity index (χ2n) is 13.4. The highest BCUT2D eigenvalue weighted by Crippen LogP contribution is 2.78. The summed E-state index contributed by atoms with van der Waals surface area (Å²) in [5.41, 5.74) is -2.57. The molecule has 1 aromatic carbocycles. The van der Waals surface area contributed by atoms with Crippen LogP contribution in [-0.4, -0.2) is 118 Å². The van der Waals surface area contributed by atoms with Crippen molar-refractivity contribution in [3.8, 4) is 0 Å². The number of hydrogen-bond acceptors (Lipinski definition) is 10.